The second-order valence-corrected chi connectivity index (χ2v) is 3.02. The molecule has 0 saturated carbocycles. The van der Waals surface area contributed by atoms with Crippen LogP contribution in [0.15, 0.2) is 6.20 Å². The van der Waals surface area contributed by atoms with Crippen molar-refractivity contribution >= 4 is 17.4 Å². The van der Waals surface area contributed by atoms with E-state index in [2.05, 4.69) is 9.97 Å². The number of aromatic nitrogens is 2. The number of anilines is 1. The van der Waals surface area contributed by atoms with E-state index in [1.54, 1.807) is 0 Å². The van der Waals surface area contributed by atoms with Crippen LogP contribution in [-0.4, -0.2) is 38.0 Å². The predicted molar refractivity (Wildman–Crippen MR) is 49.5 cm³/mol. The van der Waals surface area contributed by atoms with Crippen molar-refractivity contribution in [1.29, 1.82) is 0 Å². The third-order valence-electron chi connectivity index (χ3n) is 1.63. The Morgan fingerprint density at radius 2 is 2.14 bits per heavy atom. The average Bonchev–Trinajstić information content (AvgIpc) is 2.20. The maximum atomic E-state index is 9.39. The van der Waals surface area contributed by atoms with Crippen LogP contribution >= 0.6 is 11.6 Å². The lowest BCUT2D eigenvalue weighted by Gasteiger charge is -2.14. The molecule has 0 radical (unpaired) electrons. The van der Waals surface area contributed by atoms with Gasteiger partial charge in [-0.05, 0) is 0 Å². The third-order valence-corrected chi connectivity index (χ3v) is 1.91. The monoisotopic (exact) mass is 219 g/mol. The molecule has 7 heteroatoms. The Balaban J connectivity index is 2.91. The molecule has 78 valence electrons. The van der Waals surface area contributed by atoms with Crippen LogP contribution in [0.3, 0.4) is 0 Å². The van der Waals surface area contributed by atoms with Crippen LogP contribution in [0.25, 0.3) is 0 Å². The topological polar surface area (TPSA) is 112 Å². The second-order valence-electron chi connectivity index (χ2n) is 2.67. The Kier molecular flexibility index (Phi) is 3.59. The van der Waals surface area contributed by atoms with Crippen LogP contribution in [0, 0.1) is 0 Å². The van der Waals surface area contributed by atoms with Gasteiger partial charge in [-0.15, -0.1) is 0 Å². The molecule has 14 heavy (non-hydrogen) atoms. The number of nitrogen functional groups attached to an aromatic ring is 1. The highest BCUT2D eigenvalue weighted by Crippen LogP contribution is 2.18. The molecule has 5 N–H and O–H groups in total. The predicted octanol–water partition coefficient (Wildman–Crippen LogP) is -0.901. The van der Waals surface area contributed by atoms with Crippen molar-refractivity contribution in [2.45, 2.75) is 12.2 Å². The molecule has 1 heterocycles. The van der Waals surface area contributed by atoms with Crippen LogP contribution < -0.4 is 5.73 Å². The van der Waals surface area contributed by atoms with Gasteiger partial charge in [0.25, 0.3) is 0 Å². The molecule has 0 fully saturated rings. The van der Waals surface area contributed by atoms with Crippen molar-refractivity contribution in [2.24, 2.45) is 0 Å². The number of aliphatic hydroxyl groups is 3. The molecule has 0 saturated heterocycles. The number of aliphatic hydroxyl groups excluding tert-OH is 3. The molecule has 0 aliphatic heterocycles. The minimum absolute atomic E-state index is 0.0427. The van der Waals surface area contributed by atoms with Crippen molar-refractivity contribution in [3.8, 4) is 0 Å². The molecule has 0 bridgehead atoms. The van der Waals surface area contributed by atoms with Crippen LogP contribution in [0.5, 0.6) is 0 Å². The number of halogens is 1. The van der Waals surface area contributed by atoms with Gasteiger partial charge in [0.1, 0.15) is 12.2 Å². The second kappa shape index (κ2) is 4.52. The lowest BCUT2D eigenvalue weighted by Crippen LogP contribution is -2.23. The normalized spacial score (nSPS) is 15.1. The summed E-state index contributed by atoms with van der Waals surface area (Å²) in [4.78, 5) is 7.35. The summed E-state index contributed by atoms with van der Waals surface area (Å²) in [6.45, 7) is -0.579. The summed E-state index contributed by atoms with van der Waals surface area (Å²) in [5.41, 5.74) is 5.36. The average molecular weight is 220 g/mol. The lowest BCUT2D eigenvalue weighted by atomic mass is 10.1. The third kappa shape index (κ3) is 2.30. The lowest BCUT2D eigenvalue weighted by molar-refractivity contribution is -0.0174. The highest BCUT2D eigenvalue weighted by atomic mass is 35.5. The van der Waals surface area contributed by atoms with Gasteiger partial charge in [0.15, 0.2) is 11.0 Å². The minimum atomic E-state index is -1.33. The van der Waals surface area contributed by atoms with Gasteiger partial charge in [-0.3, -0.25) is 0 Å². The number of nitrogens with two attached hydrogens (primary N) is 1. The first-order chi connectivity index (χ1) is 6.56. The van der Waals surface area contributed by atoms with Gasteiger partial charge in [0, 0.05) is 0 Å². The fourth-order valence-corrected chi connectivity index (χ4v) is 0.974. The number of hydrogen-bond acceptors (Lipinski definition) is 6. The first-order valence-electron chi connectivity index (χ1n) is 3.81. The van der Waals surface area contributed by atoms with Crippen molar-refractivity contribution in [1.82, 2.24) is 9.97 Å². The summed E-state index contributed by atoms with van der Waals surface area (Å²) < 4.78 is 0. The van der Waals surface area contributed by atoms with Gasteiger partial charge < -0.3 is 21.1 Å². The number of rotatable bonds is 3. The standard InChI is InChI=1S/C7H10ClN3O3/c8-6-7(9)10-1-3(11-6)5(14)4(13)2-12/h1,4-5,12-14H,2H2,(H2,9,10). The Morgan fingerprint density at radius 1 is 1.50 bits per heavy atom. The molecule has 6 nitrogen and oxygen atoms in total. The van der Waals surface area contributed by atoms with Gasteiger partial charge in [0.05, 0.1) is 18.5 Å². The first kappa shape index (κ1) is 11.1. The maximum absolute atomic E-state index is 9.39. The molecule has 0 aliphatic carbocycles. The number of nitrogens with zero attached hydrogens (tertiary/aromatic N) is 2. The van der Waals surface area contributed by atoms with E-state index in [0.717, 1.165) is 0 Å². The number of hydrogen-bond donors (Lipinski definition) is 4. The summed E-state index contributed by atoms with van der Waals surface area (Å²) in [6, 6.07) is 0. The van der Waals surface area contributed by atoms with Crippen molar-refractivity contribution < 1.29 is 15.3 Å². The summed E-state index contributed by atoms with van der Waals surface area (Å²) in [7, 11) is 0. The Bertz CT molecular complexity index is 323. The van der Waals surface area contributed by atoms with E-state index >= 15 is 0 Å². The van der Waals surface area contributed by atoms with E-state index in [1.807, 2.05) is 0 Å². The maximum Gasteiger partial charge on any atom is 0.171 e. The van der Waals surface area contributed by atoms with Crippen LogP contribution in [-0.2, 0) is 0 Å². The Morgan fingerprint density at radius 3 is 2.64 bits per heavy atom. The molecule has 2 atom stereocenters. The summed E-state index contributed by atoms with van der Waals surface area (Å²) in [6.07, 6.45) is -1.46. The molecular formula is C7H10ClN3O3. The van der Waals surface area contributed by atoms with Crippen LogP contribution in [0.2, 0.25) is 5.15 Å². The molecule has 0 aliphatic rings. The molecule has 0 aromatic carbocycles. The van der Waals surface area contributed by atoms with Gasteiger partial charge >= 0.3 is 0 Å². The van der Waals surface area contributed by atoms with E-state index in [-0.39, 0.29) is 16.7 Å². The van der Waals surface area contributed by atoms with Gasteiger partial charge in [-0.25, -0.2) is 9.97 Å². The molecule has 1 aromatic rings. The first-order valence-corrected chi connectivity index (χ1v) is 4.19. The molecule has 2 unspecified atom stereocenters. The van der Waals surface area contributed by atoms with Crippen molar-refractivity contribution in [3.05, 3.63) is 17.0 Å². The zero-order valence-corrected chi connectivity index (χ0v) is 7.89. The van der Waals surface area contributed by atoms with E-state index in [9.17, 15) is 5.11 Å². The van der Waals surface area contributed by atoms with Crippen LogP contribution in [0.1, 0.15) is 11.8 Å². The molecule has 0 spiro atoms. The van der Waals surface area contributed by atoms with E-state index < -0.39 is 18.8 Å². The van der Waals surface area contributed by atoms with E-state index in [0.29, 0.717) is 0 Å². The smallest absolute Gasteiger partial charge is 0.171 e. The fourth-order valence-electron chi connectivity index (χ4n) is 0.828. The highest BCUT2D eigenvalue weighted by Gasteiger charge is 2.19. The Hall–Kier alpha value is -0.950. The van der Waals surface area contributed by atoms with E-state index in [1.165, 1.54) is 6.20 Å². The molecule has 1 aromatic heterocycles. The summed E-state index contributed by atoms with van der Waals surface area (Å²) >= 11 is 5.55. The SMILES string of the molecule is Nc1ncc(C(O)C(O)CO)nc1Cl. The van der Waals surface area contributed by atoms with Crippen molar-refractivity contribution in [3.63, 3.8) is 0 Å². The quantitative estimate of drug-likeness (QED) is 0.524. The molecule has 1 rings (SSSR count). The Labute approximate surface area is 85.0 Å². The van der Waals surface area contributed by atoms with Crippen LogP contribution in [0.4, 0.5) is 5.82 Å². The van der Waals surface area contributed by atoms with Gasteiger partial charge in [0.2, 0.25) is 0 Å². The summed E-state index contributed by atoms with van der Waals surface area (Å²) in [5.74, 6) is 0.0427. The largest absolute Gasteiger partial charge is 0.394 e. The fraction of sp³-hybridized carbons (Fsp3) is 0.429. The van der Waals surface area contributed by atoms with E-state index in [4.69, 9.17) is 27.5 Å². The van der Waals surface area contributed by atoms with Crippen molar-refractivity contribution in [2.75, 3.05) is 12.3 Å². The molecular weight excluding hydrogens is 210 g/mol. The van der Waals surface area contributed by atoms with Gasteiger partial charge in [-0.2, -0.15) is 0 Å². The summed E-state index contributed by atoms with van der Waals surface area (Å²) in [5, 5.41) is 27.0. The highest BCUT2D eigenvalue weighted by molar-refractivity contribution is 6.31. The zero-order valence-electron chi connectivity index (χ0n) is 7.13. The zero-order chi connectivity index (χ0) is 10.7. The minimum Gasteiger partial charge on any atom is -0.394 e. The molecule has 0 amide bonds. The van der Waals surface area contributed by atoms with Gasteiger partial charge in [-0.1, -0.05) is 11.6 Å².